The molecule has 8 heteroatoms. The maximum atomic E-state index is 11.7. The fourth-order valence-corrected chi connectivity index (χ4v) is 1.52. The van der Waals surface area contributed by atoms with Crippen LogP contribution in [0, 0.1) is 0 Å². The normalized spacial score (nSPS) is 10.3. The number of ether oxygens (including phenoxy) is 1. The van der Waals surface area contributed by atoms with Gasteiger partial charge < -0.3 is 15.0 Å². The van der Waals surface area contributed by atoms with Crippen LogP contribution >= 0.6 is 0 Å². The molecule has 2 heterocycles. The minimum Gasteiger partial charge on any atom is -0.377 e. The van der Waals surface area contributed by atoms with Crippen LogP contribution in [0.4, 0.5) is 11.8 Å². The van der Waals surface area contributed by atoms with Gasteiger partial charge in [0.2, 0.25) is 5.95 Å². The number of anilines is 2. The van der Waals surface area contributed by atoms with Crippen LogP contribution in [-0.2, 0) is 11.3 Å². The van der Waals surface area contributed by atoms with Gasteiger partial charge in [0.1, 0.15) is 12.4 Å². The third kappa shape index (κ3) is 3.29. The van der Waals surface area contributed by atoms with Crippen molar-refractivity contribution in [1.82, 2.24) is 25.1 Å². The zero-order chi connectivity index (χ0) is 14.5. The van der Waals surface area contributed by atoms with Crippen molar-refractivity contribution in [1.29, 1.82) is 0 Å². The second-order valence-electron chi connectivity index (χ2n) is 4.30. The van der Waals surface area contributed by atoms with Crippen LogP contribution in [0.15, 0.2) is 18.3 Å². The van der Waals surface area contributed by atoms with Gasteiger partial charge in [-0.2, -0.15) is 4.98 Å². The number of carbonyl (C=O) groups is 1. The van der Waals surface area contributed by atoms with Gasteiger partial charge >= 0.3 is 0 Å². The van der Waals surface area contributed by atoms with Gasteiger partial charge in [-0.1, -0.05) is 0 Å². The molecule has 0 aromatic carbocycles. The molecule has 0 aliphatic heterocycles. The number of methoxy groups -OCH3 is 1. The Morgan fingerprint density at radius 1 is 1.45 bits per heavy atom. The van der Waals surface area contributed by atoms with E-state index in [9.17, 15) is 4.79 Å². The van der Waals surface area contributed by atoms with E-state index in [0.717, 1.165) is 0 Å². The van der Waals surface area contributed by atoms with Gasteiger partial charge in [0.25, 0.3) is 5.91 Å². The quantitative estimate of drug-likeness (QED) is 0.838. The molecule has 2 N–H and O–H groups in total. The average Bonchev–Trinajstić information content (AvgIpc) is 2.86. The summed E-state index contributed by atoms with van der Waals surface area (Å²) in [4.78, 5) is 21.5. The lowest BCUT2D eigenvalue weighted by Gasteiger charge is -2.09. The highest BCUT2D eigenvalue weighted by molar-refractivity contribution is 5.93. The lowest BCUT2D eigenvalue weighted by Crippen LogP contribution is -2.21. The van der Waals surface area contributed by atoms with Gasteiger partial charge in [0.15, 0.2) is 5.82 Å². The first-order chi connectivity index (χ1) is 9.60. The zero-order valence-electron chi connectivity index (χ0n) is 11.5. The smallest absolute Gasteiger partial charge is 0.254 e. The summed E-state index contributed by atoms with van der Waals surface area (Å²) in [6.45, 7) is 0.360. The van der Waals surface area contributed by atoms with Gasteiger partial charge in [-0.3, -0.25) is 9.89 Å². The van der Waals surface area contributed by atoms with Crippen molar-refractivity contribution in [3.8, 4) is 0 Å². The Morgan fingerprint density at radius 3 is 2.85 bits per heavy atom. The number of hydrogen-bond donors (Lipinski definition) is 2. The molecule has 0 spiro atoms. The highest BCUT2D eigenvalue weighted by Gasteiger charge is 2.09. The number of amides is 1. The van der Waals surface area contributed by atoms with Gasteiger partial charge in [-0.15, -0.1) is 5.10 Å². The first kappa shape index (κ1) is 13.9. The Balaban J connectivity index is 2.04. The molecule has 0 atom stereocenters. The van der Waals surface area contributed by atoms with Crippen LogP contribution < -0.4 is 5.32 Å². The summed E-state index contributed by atoms with van der Waals surface area (Å²) >= 11 is 0. The molecule has 0 aliphatic carbocycles. The first-order valence-electron chi connectivity index (χ1n) is 5.95. The van der Waals surface area contributed by atoms with E-state index in [0.29, 0.717) is 29.8 Å². The summed E-state index contributed by atoms with van der Waals surface area (Å²) in [6, 6.07) is 3.39. The van der Waals surface area contributed by atoms with Gasteiger partial charge in [-0.05, 0) is 12.1 Å². The maximum Gasteiger partial charge on any atom is 0.254 e. The molecule has 106 valence electrons. The second kappa shape index (κ2) is 6.11. The van der Waals surface area contributed by atoms with Crippen molar-refractivity contribution in [2.24, 2.45) is 0 Å². The number of aromatic nitrogens is 4. The molecule has 0 fully saturated rings. The van der Waals surface area contributed by atoms with Gasteiger partial charge in [0.05, 0.1) is 5.56 Å². The molecule has 2 rings (SSSR count). The topological polar surface area (TPSA) is 96.0 Å². The van der Waals surface area contributed by atoms with Crippen molar-refractivity contribution in [3.63, 3.8) is 0 Å². The fraction of sp³-hybridized carbons (Fsp3) is 0.333. The molecule has 2 aromatic rings. The van der Waals surface area contributed by atoms with Crippen molar-refractivity contribution < 1.29 is 9.53 Å². The van der Waals surface area contributed by atoms with E-state index in [4.69, 9.17) is 4.74 Å². The standard InChI is InChI=1S/C12H16N6O2/c1-18(2)11(19)8-4-5-9(13-6-8)14-12-15-10(7-20-3)16-17-12/h4-6H,7H2,1-3H3,(H2,13,14,15,16,17). The summed E-state index contributed by atoms with van der Waals surface area (Å²) in [5.74, 6) is 1.48. The zero-order valence-corrected chi connectivity index (χ0v) is 11.5. The Morgan fingerprint density at radius 2 is 2.25 bits per heavy atom. The predicted molar refractivity (Wildman–Crippen MR) is 72.6 cm³/mol. The number of carbonyl (C=O) groups excluding carboxylic acids is 1. The molecule has 0 saturated carbocycles. The first-order valence-corrected chi connectivity index (χ1v) is 5.95. The van der Waals surface area contributed by atoms with Gasteiger partial charge in [0, 0.05) is 27.4 Å². The number of aromatic amines is 1. The second-order valence-corrected chi connectivity index (χ2v) is 4.30. The van der Waals surface area contributed by atoms with E-state index in [-0.39, 0.29) is 5.91 Å². The molecule has 2 aromatic heterocycles. The maximum absolute atomic E-state index is 11.7. The van der Waals surface area contributed by atoms with E-state index in [1.807, 2.05) is 0 Å². The van der Waals surface area contributed by atoms with Crippen molar-refractivity contribution >= 4 is 17.7 Å². The highest BCUT2D eigenvalue weighted by Crippen LogP contribution is 2.11. The van der Waals surface area contributed by atoms with Crippen LogP contribution in [0.3, 0.4) is 0 Å². The predicted octanol–water partition coefficient (Wildman–Crippen LogP) is 0.791. The molecule has 1 amide bonds. The van der Waals surface area contributed by atoms with Crippen molar-refractivity contribution in [2.45, 2.75) is 6.61 Å². The van der Waals surface area contributed by atoms with Crippen LogP contribution in [0.2, 0.25) is 0 Å². The Bertz CT molecular complexity index is 578. The minimum atomic E-state index is -0.0932. The molecule has 0 unspecified atom stereocenters. The lowest BCUT2D eigenvalue weighted by atomic mass is 10.2. The monoisotopic (exact) mass is 276 g/mol. The highest BCUT2D eigenvalue weighted by atomic mass is 16.5. The number of pyridine rings is 1. The van der Waals surface area contributed by atoms with Crippen LogP contribution in [0.5, 0.6) is 0 Å². The van der Waals surface area contributed by atoms with Gasteiger partial charge in [-0.25, -0.2) is 4.98 Å². The summed E-state index contributed by atoms with van der Waals surface area (Å²) in [5.41, 5.74) is 0.524. The van der Waals surface area contributed by atoms with E-state index in [1.165, 1.54) is 11.1 Å². The van der Waals surface area contributed by atoms with E-state index >= 15 is 0 Å². The SMILES string of the molecule is COCc1nc(Nc2ccc(C(=O)N(C)C)cn2)n[nH]1. The third-order valence-corrected chi connectivity index (χ3v) is 2.47. The number of hydrogen-bond acceptors (Lipinski definition) is 6. The van der Waals surface area contributed by atoms with Crippen LogP contribution in [0.1, 0.15) is 16.2 Å². The largest absolute Gasteiger partial charge is 0.377 e. The summed E-state index contributed by atoms with van der Waals surface area (Å²) in [7, 11) is 4.97. The van der Waals surface area contributed by atoms with Crippen molar-refractivity contribution in [2.75, 3.05) is 26.5 Å². The number of H-pyrrole nitrogens is 1. The molecule has 0 bridgehead atoms. The summed E-state index contributed by atoms with van der Waals surface area (Å²) < 4.78 is 4.94. The van der Waals surface area contributed by atoms with E-state index in [2.05, 4.69) is 25.5 Å². The molecular weight excluding hydrogens is 260 g/mol. The third-order valence-electron chi connectivity index (χ3n) is 2.47. The Labute approximate surface area is 116 Å². The van der Waals surface area contributed by atoms with E-state index in [1.54, 1.807) is 33.3 Å². The van der Waals surface area contributed by atoms with E-state index < -0.39 is 0 Å². The Hall–Kier alpha value is -2.48. The molecule has 0 aliphatic rings. The fourth-order valence-electron chi connectivity index (χ4n) is 1.52. The lowest BCUT2D eigenvalue weighted by molar-refractivity contribution is 0.0827. The number of nitrogens with zero attached hydrogens (tertiary/aromatic N) is 4. The molecule has 8 nitrogen and oxygen atoms in total. The van der Waals surface area contributed by atoms with Crippen LogP contribution in [0.25, 0.3) is 0 Å². The molecular formula is C12H16N6O2. The van der Waals surface area contributed by atoms with Crippen molar-refractivity contribution in [3.05, 3.63) is 29.7 Å². The molecule has 0 saturated heterocycles. The summed E-state index contributed by atoms with van der Waals surface area (Å²) in [5, 5.41) is 9.64. The van der Waals surface area contributed by atoms with Crippen LogP contribution in [-0.4, -0.2) is 52.2 Å². The number of rotatable bonds is 5. The summed E-state index contributed by atoms with van der Waals surface area (Å²) in [6.07, 6.45) is 1.51. The molecule has 20 heavy (non-hydrogen) atoms. The Kier molecular flexibility index (Phi) is 4.26. The average molecular weight is 276 g/mol. The molecule has 0 radical (unpaired) electrons. The number of nitrogens with one attached hydrogen (secondary N) is 2. The minimum absolute atomic E-state index is 0.0932.